The molecule has 0 spiro atoms. The van der Waals surface area contributed by atoms with Gasteiger partial charge in [-0.3, -0.25) is 4.79 Å². The zero-order valence-electron chi connectivity index (χ0n) is 15.6. The molecular formula is C18H32Cl2N4O. The van der Waals surface area contributed by atoms with Crippen molar-refractivity contribution in [2.24, 2.45) is 17.6 Å². The van der Waals surface area contributed by atoms with Gasteiger partial charge in [0.2, 0.25) is 0 Å². The van der Waals surface area contributed by atoms with Crippen LogP contribution in [0.1, 0.15) is 50.9 Å². The molecule has 3 N–H and O–H groups in total. The van der Waals surface area contributed by atoms with E-state index in [-0.39, 0.29) is 36.6 Å². The lowest BCUT2D eigenvalue weighted by atomic mass is 9.88. The number of rotatable bonds is 5. The lowest BCUT2D eigenvalue weighted by molar-refractivity contribution is 0.0883. The van der Waals surface area contributed by atoms with Crippen LogP contribution in [0, 0.1) is 11.8 Å². The largest absolute Gasteiger partial charge is 0.357 e. The number of nitrogens with zero attached hydrogens (tertiary/aromatic N) is 2. The maximum atomic E-state index is 12.4. The molecule has 1 aliphatic rings. The van der Waals surface area contributed by atoms with E-state index in [4.69, 9.17) is 5.73 Å². The highest BCUT2D eigenvalue weighted by Crippen LogP contribution is 2.21. The van der Waals surface area contributed by atoms with Crippen LogP contribution in [0.4, 0.5) is 5.82 Å². The van der Waals surface area contributed by atoms with E-state index in [9.17, 15) is 4.79 Å². The third-order valence-corrected chi connectivity index (χ3v) is 5.22. The van der Waals surface area contributed by atoms with E-state index in [2.05, 4.69) is 36.0 Å². The summed E-state index contributed by atoms with van der Waals surface area (Å²) in [4.78, 5) is 19.2. The molecule has 0 saturated carbocycles. The van der Waals surface area contributed by atoms with Crippen LogP contribution in [0.2, 0.25) is 0 Å². The summed E-state index contributed by atoms with van der Waals surface area (Å²) in [5.41, 5.74) is 6.01. The van der Waals surface area contributed by atoms with Gasteiger partial charge in [0.05, 0.1) is 11.1 Å². The molecule has 0 aromatic carbocycles. The second-order valence-electron chi connectivity index (χ2n) is 7.31. The van der Waals surface area contributed by atoms with Crippen molar-refractivity contribution >= 4 is 36.5 Å². The molecular weight excluding hydrogens is 359 g/mol. The van der Waals surface area contributed by atoms with E-state index in [1.807, 2.05) is 19.1 Å². The average molecular weight is 391 g/mol. The van der Waals surface area contributed by atoms with Gasteiger partial charge in [0.1, 0.15) is 5.82 Å². The zero-order valence-corrected chi connectivity index (χ0v) is 17.3. The Balaban J connectivity index is 0.00000288. The first kappa shape index (κ1) is 24.0. The molecule has 5 nitrogen and oxygen atoms in total. The van der Waals surface area contributed by atoms with Crippen LogP contribution in [0.15, 0.2) is 18.3 Å². The molecule has 0 bridgehead atoms. The molecule has 2 heterocycles. The topological polar surface area (TPSA) is 71.2 Å². The summed E-state index contributed by atoms with van der Waals surface area (Å²) in [6, 6.07) is 3.80. The van der Waals surface area contributed by atoms with Crippen LogP contribution < -0.4 is 16.0 Å². The molecule has 1 aromatic heterocycles. The minimum atomic E-state index is -0.404. The van der Waals surface area contributed by atoms with Crippen molar-refractivity contribution in [3.8, 4) is 0 Å². The summed E-state index contributed by atoms with van der Waals surface area (Å²) < 4.78 is 0. The van der Waals surface area contributed by atoms with Crippen LogP contribution in [0.25, 0.3) is 0 Å². The maximum absolute atomic E-state index is 12.4. The minimum absolute atomic E-state index is 0. The predicted octanol–water partition coefficient (Wildman–Crippen LogP) is 3.26. The van der Waals surface area contributed by atoms with Gasteiger partial charge in [-0.15, -0.1) is 24.8 Å². The van der Waals surface area contributed by atoms with E-state index in [0.29, 0.717) is 12.1 Å². The van der Waals surface area contributed by atoms with E-state index >= 15 is 0 Å². The first-order valence-corrected chi connectivity index (χ1v) is 8.59. The molecule has 7 heteroatoms. The molecule has 1 amide bonds. The van der Waals surface area contributed by atoms with Crippen LogP contribution in [-0.2, 0) is 0 Å². The number of carbonyl (C=O) groups excluding carboxylic acids is 1. The molecule has 1 aromatic rings. The zero-order chi connectivity index (χ0) is 17.0. The molecule has 0 aliphatic carbocycles. The van der Waals surface area contributed by atoms with E-state index < -0.39 is 5.54 Å². The summed E-state index contributed by atoms with van der Waals surface area (Å²) in [5, 5.41) is 3.05. The standard InChI is InChI=1S/C18H30N4O.2ClH/c1-13(2)18(4,12-19)21-17(23)15-5-6-16(20-11-15)22-9-7-14(3)8-10-22;;/h5-6,11,13-14H,7-10,12,19H2,1-4H3,(H,21,23);2*1H. The number of hydrogen-bond donors (Lipinski definition) is 2. The Morgan fingerprint density at radius 2 is 1.96 bits per heavy atom. The van der Waals surface area contributed by atoms with E-state index in [1.165, 1.54) is 12.8 Å². The van der Waals surface area contributed by atoms with Gasteiger partial charge in [-0.2, -0.15) is 0 Å². The Morgan fingerprint density at radius 3 is 2.40 bits per heavy atom. The summed E-state index contributed by atoms with van der Waals surface area (Å²) >= 11 is 0. The third kappa shape index (κ3) is 6.01. The number of piperidine rings is 1. The number of hydrogen-bond acceptors (Lipinski definition) is 4. The predicted molar refractivity (Wildman–Crippen MR) is 109 cm³/mol. The molecule has 0 radical (unpaired) electrons. The highest BCUT2D eigenvalue weighted by molar-refractivity contribution is 5.94. The Bertz CT molecular complexity index is 530. The van der Waals surface area contributed by atoms with Crippen LogP contribution in [0.5, 0.6) is 0 Å². The van der Waals surface area contributed by atoms with E-state index in [0.717, 1.165) is 24.8 Å². The summed E-state index contributed by atoms with van der Waals surface area (Å²) in [5.74, 6) is 1.90. The first-order chi connectivity index (χ1) is 10.9. The van der Waals surface area contributed by atoms with Crippen molar-refractivity contribution in [2.75, 3.05) is 24.5 Å². The SMILES string of the molecule is CC1CCN(c2ccc(C(=O)NC(C)(CN)C(C)C)cn2)CC1.Cl.Cl. The Morgan fingerprint density at radius 1 is 1.36 bits per heavy atom. The fraction of sp³-hybridized carbons (Fsp3) is 0.667. The van der Waals surface area contributed by atoms with Gasteiger partial charge < -0.3 is 16.0 Å². The molecule has 2 rings (SSSR count). The Hall–Kier alpha value is -1.04. The van der Waals surface area contributed by atoms with Crippen LogP contribution >= 0.6 is 24.8 Å². The van der Waals surface area contributed by atoms with Crippen LogP contribution in [0.3, 0.4) is 0 Å². The fourth-order valence-corrected chi connectivity index (χ4v) is 2.71. The number of pyridine rings is 1. The third-order valence-electron chi connectivity index (χ3n) is 5.22. The number of aromatic nitrogens is 1. The minimum Gasteiger partial charge on any atom is -0.357 e. The van der Waals surface area contributed by atoms with Gasteiger partial charge in [-0.05, 0) is 43.7 Å². The monoisotopic (exact) mass is 390 g/mol. The van der Waals surface area contributed by atoms with Crippen molar-refractivity contribution in [2.45, 2.75) is 46.1 Å². The fourth-order valence-electron chi connectivity index (χ4n) is 2.71. The second kappa shape index (κ2) is 10.2. The van der Waals surface area contributed by atoms with Gasteiger partial charge >= 0.3 is 0 Å². The van der Waals surface area contributed by atoms with Gasteiger partial charge in [0, 0.05) is 25.8 Å². The van der Waals surface area contributed by atoms with Gasteiger partial charge in [0.15, 0.2) is 0 Å². The normalized spacial score (nSPS) is 17.3. The maximum Gasteiger partial charge on any atom is 0.253 e. The first-order valence-electron chi connectivity index (χ1n) is 8.59. The summed E-state index contributed by atoms with van der Waals surface area (Å²) in [6.45, 7) is 10.9. The van der Waals surface area contributed by atoms with Crippen molar-refractivity contribution in [3.63, 3.8) is 0 Å². The summed E-state index contributed by atoms with van der Waals surface area (Å²) in [6.07, 6.45) is 4.07. The molecule has 1 fully saturated rings. The lowest BCUT2D eigenvalue weighted by Crippen LogP contribution is -2.55. The molecule has 25 heavy (non-hydrogen) atoms. The highest BCUT2D eigenvalue weighted by atomic mass is 35.5. The van der Waals surface area contributed by atoms with Gasteiger partial charge in [-0.25, -0.2) is 4.98 Å². The van der Waals surface area contributed by atoms with E-state index in [1.54, 1.807) is 6.20 Å². The Labute approximate surface area is 164 Å². The summed E-state index contributed by atoms with van der Waals surface area (Å²) in [7, 11) is 0. The van der Waals surface area contributed by atoms with Crippen molar-refractivity contribution in [3.05, 3.63) is 23.9 Å². The number of anilines is 1. The quantitative estimate of drug-likeness (QED) is 0.808. The highest BCUT2D eigenvalue weighted by Gasteiger charge is 2.29. The number of nitrogens with two attached hydrogens (primary N) is 1. The molecule has 1 saturated heterocycles. The van der Waals surface area contributed by atoms with Crippen molar-refractivity contribution < 1.29 is 4.79 Å². The average Bonchev–Trinajstić information content (AvgIpc) is 2.55. The lowest BCUT2D eigenvalue weighted by Gasteiger charge is -2.33. The van der Waals surface area contributed by atoms with Crippen LogP contribution in [-0.4, -0.2) is 36.1 Å². The smallest absolute Gasteiger partial charge is 0.253 e. The number of amides is 1. The molecule has 1 aliphatic heterocycles. The van der Waals surface area contributed by atoms with Gasteiger partial charge in [-0.1, -0.05) is 20.8 Å². The van der Waals surface area contributed by atoms with Crippen molar-refractivity contribution in [1.29, 1.82) is 0 Å². The van der Waals surface area contributed by atoms with Crippen molar-refractivity contribution in [1.82, 2.24) is 10.3 Å². The molecule has 144 valence electrons. The Kier molecular flexibility index (Phi) is 9.77. The van der Waals surface area contributed by atoms with Gasteiger partial charge in [0.25, 0.3) is 5.91 Å². The number of carbonyl (C=O) groups is 1. The number of nitrogens with one attached hydrogen (secondary N) is 1. The molecule has 1 atom stereocenters. The molecule has 1 unspecified atom stereocenters. The number of halogens is 2. The second-order valence-corrected chi connectivity index (χ2v) is 7.31.